The third-order valence-corrected chi connectivity index (χ3v) is 3.18. The second-order valence-electron chi connectivity index (χ2n) is 4.52. The highest BCUT2D eigenvalue weighted by Crippen LogP contribution is 2.13. The first-order chi connectivity index (χ1) is 10.9. The SMILES string of the molecule is C=C(C)OC.CC.CCc1cnc2ncc(Cl)cc2c(=O)c1C. The van der Waals surface area contributed by atoms with E-state index >= 15 is 0 Å². The highest BCUT2D eigenvalue weighted by molar-refractivity contribution is 6.31. The molecule has 2 heterocycles. The van der Waals surface area contributed by atoms with Crippen LogP contribution in [-0.4, -0.2) is 17.1 Å². The molecule has 0 aliphatic heterocycles. The average molecular weight is 337 g/mol. The number of allylic oxidation sites excluding steroid dienone is 1. The predicted octanol–water partition coefficient (Wildman–Crippen LogP) is 4.71. The van der Waals surface area contributed by atoms with Crippen LogP contribution in [0.3, 0.4) is 0 Å². The molecule has 0 bridgehead atoms. The second kappa shape index (κ2) is 10.7. The van der Waals surface area contributed by atoms with Gasteiger partial charge in [0.1, 0.15) is 0 Å². The molecule has 0 amide bonds. The topological polar surface area (TPSA) is 52.1 Å². The molecule has 0 aliphatic carbocycles. The second-order valence-corrected chi connectivity index (χ2v) is 4.96. The van der Waals surface area contributed by atoms with E-state index < -0.39 is 0 Å². The van der Waals surface area contributed by atoms with Gasteiger partial charge in [0.25, 0.3) is 0 Å². The van der Waals surface area contributed by atoms with Crippen LogP contribution in [0, 0.1) is 6.92 Å². The van der Waals surface area contributed by atoms with Crippen molar-refractivity contribution in [1.29, 1.82) is 0 Å². The molecule has 0 atom stereocenters. The van der Waals surface area contributed by atoms with E-state index in [1.165, 1.54) is 6.20 Å². The lowest BCUT2D eigenvalue weighted by molar-refractivity contribution is 0.295. The number of hydrogen-bond donors (Lipinski definition) is 0. The summed E-state index contributed by atoms with van der Waals surface area (Å²) in [5.74, 6) is 0.755. The molecular formula is C18H25ClN2O2. The Morgan fingerprint density at radius 3 is 2.30 bits per heavy atom. The number of pyridine rings is 1. The van der Waals surface area contributed by atoms with Crippen molar-refractivity contribution < 1.29 is 4.74 Å². The molecule has 0 aromatic carbocycles. The van der Waals surface area contributed by atoms with E-state index in [-0.39, 0.29) is 5.43 Å². The lowest BCUT2D eigenvalue weighted by atomic mass is 10.1. The quantitative estimate of drug-likeness (QED) is 0.745. The van der Waals surface area contributed by atoms with Gasteiger partial charge in [0.15, 0.2) is 11.1 Å². The van der Waals surface area contributed by atoms with Crippen molar-refractivity contribution in [3.05, 3.63) is 57.2 Å². The molecule has 2 aromatic heterocycles. The molecule has 0 fully saturated rings. The zero-order valence-corrected chi connectivity index (χ0v) is 15.5. The molecule has 0 radical (unpaired) electrons. The van der Waals surface area contributed by atoms with Crippen molar-refractivity contribution in [2.24, 2.45) is 0 Å². The number of aromatic nitrogens is 2. The Morgan fingerprint density at radius 2 is 1.83 bits per heavy atom. The smallest absolute Gasteiger partial charge is 0.192 e. The Bertz CT molecular complexity index is 715. The van der Waals surface area contributed by atoms with E-state index in [9.17, 15) is 4.79 Å². The minimum absolute atomic E-state index is 0.0423. The number of ether oxygens (including phenoxy) is 1. The van der Waals surface area contributed by atoms with Crippen LogP contribution in [0.5, 0.6) is 0 Å². The van der Waals surface area contributed by atoms with E-state index in [0.717, 1.165) is 17.7 Å². The Morgan fingerprint density at radius 1 is 1.30 bits per heavy atom. The number of nitrogens with zero attached hydrogens (tertiary/aromatic N) is 2. The first kappa shape index (κ1) is 21.1. The molecule has 0 spiro atoms. The number of hydrogen-bond acceptors (Lipinski definition) is 4. The van der Waals surface area contributed by atoms with Gasteiger partial charge in [-0.1, -0.05) is 39.0 Å². The Balaban J connectivity index is 0.000000594. The summed E-state index contributed by atoms with van der Waals surface area (Å²) in [6.07, 6.45) is 3.99. The maximum atomic E-state index is 12.1. The molecule has 126 valence electrons. The van der Waals surface area contributed by atoms with E-state index in [0.29, 0.717) is 21.6 Å². The summed E-state index contributed by atoms with van der Waals surface area (Å²) in [7, 11) is 1.60. The Hall–Kier alpha value is -1.94. The van der Waals surface area contributed by atoms with Gasteiger partial charge < -0.3 is 4.74 Å². The first-order valence-electron chi connectivity index (χ1n) is 7.54. The Kier molecular flexibility index (Phi) is 9.83. The lowest BCUT2D eigenvalue weighted by Gasteiger charge is -1.93. The zero-order valence-electron chi connectivity index (χ0n) is 14.7. The van der Waals surface area contributed by atoms with Crippen LogP contribution in [0.1, 0.15) is 38.8 Å². The summed E-state index contributed by atoms with van der Waals surface area (Å²) in [5.41, 5.74) is 2.06. The van der Waals surface area contributed by atoms with Gasteiger partial charge in [-0.25, -0.2) is 9.97 Å². The summed E-state index contributed by atoms with van der Waals surface area (Å²) in [6, 6.07) is 1.62. The third kappa shape index (κ3) is 6.37. The van der Waals surface area contributed by atoms with Crippen molar-refractivity contribution in [2.45, 2.75) is 41.0 Å². The highest BCUT2D eigenvalue weighted by Gasteiger charge is 2.06. The van der Waals surface area contributed by atoms with Crippen molar-refractivity contribution in [1.82, 2.24) is 9.97 Å². The minimum Gasteiger partial charge on any atom is -0.502 e. The van der Waals surface area contributed by atoms with Gasteiger partial charge in [-0.05, 0) is 31.9 Å². The minimum atomic E-state index is -0.0423. The number of fused-ring (bicyclic) bond motifs is 1. The zero-order chi connectivity index (χ0) is 18.0. The predicted molar refractivity (Wildman–Crippen MR) is 98.1 cm³/mol. The van der Waals surface area contributed by atoms with Crippen LogP contribution in [0.4, 0.5) is 0 Å². The standard InChI is InChI=1S/C12H11ClN2O.C4H8O.C2H6/c1-3-8-5-14-12-10(11(16)7(8)2)4-9(13)6-15-12;1-4(2)5-3;1-2/h4-6H,3H2,1-2H3;1H2,2-3H3;1-2H3. The van der Waals surface area contributed by atoms with Crippen LogP contribution in [-0.2, 0) is 11.2 Å². The monoisotopic (exact) mass is 336 g/mol. The van der Waals surface area contributed by atoms with E-state index in [1.54, 1.807) is 26.3 Å². The molecule has 0 saturated carbocycles. The molecule has 0 saturated heterocycles. The van der Waals surface area contributed by atoms with Crippen molar-refractivity contribution in [2.75, 3.05) is 7.11 Å². The van der Waals surface area contributed by atoms with Gasteiger partial charge in [0.2, 0.25) is 0 Å². The van der Waals surface area contributed by atoms with Gasteiger partial charge in [-0.3, -0.25) is 4.79 Å². The molecule has 0 unspecified atom stereocenters. The van der Waals surface area contributed by atoms with E-state index in [2.05, 4.69) is 21.3 Å². The molecule has 5 heteroatoms. The normalized spacial score (nSPS) is 9.17. The fourth-order valence-electron chi connectivity index (χ4n) is 1.64. The number of rotatable bonds is 2. The van der Waals surface area contributed by atoms with Gasteiger partial charge in [-0.15, -0.1) is 0 Å². The maximum Gasteiger partial charge on any atom is 0.192 e. The van der Waals surface area contributed by atoms with Gasteiger partial charge in [0.05, 0.1) is 23.3 Å². The number of aryl methyl sites for hydroxylation is 1. The summed E-state index contributed by atoms with van der Waals surface area (Å²) in [4.78, 5) is 20.4. The average Bonchev–Trinajstić information content (AvgIpc) is 2.68. The van der Waals surface area contributed by atoms with Gasteiger partial charge in [0, 0.05) is 18.0 Å². The fraction of sp³-hybridized carbons (Fsp3) is 0.389. The molecule has 4 nitrogen and oxygen atoms in total. The van der Waals surface area contributed by atoms with Gasteiger partial charge >= 0.3 is 0 Å². The van der Waals surface area contributed by atoms with Crippen LogP contribution >= 0.6 is 11.6 Å². The maximum absolute atomic E-state index is 12.1. The molecule has 0 N–H and O–H groups in total. The molecule has 0 aliphatic rings. The third-order valence-electron chi connectivity index (χ3n) is 2.97. The number of halogens is 1. The van der Waals surface area contributed by atoms with Crippen molar-refractivity contribution >= 4 is 22.6 Å². The van der Waals surface area contributed by atoms with Gasteiger partial charge in [-0.2, -0.15) is 0 Å². The van der Waals surface area contributed by atoms with E-state index in [4.69, 9.17) is 11.6 Å². The molecule has 2 aromatic rings. The van der Waals surface area contributed by atoms with Crippen molar-refractivity contribution in [3.63, 3.8) is 0 Å². The summed E-state index contributed by atoms with van der Waals surface area (Å²) >= 11 is 5.83. The largest absolute Gasteiger partial charge is 0.502 e. The summed E-state index contributed by atoms with van der Waals surface area (Å²) < 4.78 is 4.56. The van der Waals surface area contributed by atoms with Crippen LogP contribution in [0.25, 0.3) is 11.0 Å². The molecule has 23 heavy (non-hydrogen) atoms. The summed E-state index contributed by atoms with van der Waals surface area (Å²) in [6.45, 7) is 13.1. The van der Waals surface area contributed by atoms with Crippen molar-refractivity contribution in [3.8, 4) is 0 Å². The highest BCUT2D eigenvalue weighted by atomic mass is 35.5. The fourth-order valence-corrected chi connectivity index (χ4v) is 1.80. The first-order valence-corrected chi connectivity index (χ1v) is 7.92. The van der Waals surface area contributed by atoms with Crippen LogP contribution in [0.2, 0.25) is 5.02 Å². The molecular weight excluding hydrogens is 312 g/mol. The van der Waals surface area contributed by atoms with Crippen LogP contribution < -0.4 is 5.43 Å². The molecule has 2 rings (SSSR count). The van der Waals surface area contributed by atoms with Crippen LogP contribution in [0.15, 0.2) is 35.6 Å². The lowest BCUT2D eigenvalue weighted by Crippen LogP contribution is -2.04. The number of methoxy groups -OCH3 is 1. The summed E-state index contributed by atoms with van der Waals surface area (Å²) in [5, 5.41) is 0.930. The van der Waals surface area contributed by atoms with E-state index in [1.807, 2.05) is 27.7 Å². The Labute approximate surface area is 143 Å².